The Bertz CT molecular complexity index is 620. The Morgan fingerprint density at radius 3 is 2.48 bits per heavy atom. The maximum atomic E-state index is 12.7. The zero-order valence-corrected chi connectivity index (χ0v) is 13.4. The van der Waals surface area contributed by atoms with Crippen molar-refractivity contribution in [3.05, 3.63) is 27.2 Å². The van der Waals surface area contributed by atoms with Crippen LogP contribution in [-0.2, 0) is 9.59 Å². The van der Waals surface area contributed by atoms with Gasteiger partial charge in [-0.25, -0.2) is 0 Å². The third-order valence-corrected chi connectivity index (χ3v) is 4.98. The van der Waals surface area contributed by atoms with Crippen molar-refractivity contribution < 1.29 is 9.59 Å². The van der Waals surface area contributed by atoms with Gasteiger partial charge in [0, 0.05) is 19.5 Å². The molecule has 21 heavy (non-hydrogen) atoms. The number of amides is 2. The monoisotopic (exact) mass is 346 g/mol. The van der Waals surface area contributed by atoms with Crippen LogP contribution in [0.3, 0.4) is 0 Å². The van der Waals surface area contributed by atoms with Gasteiger partial charge in [0.05, 0.1) is 20.8 Å². The normalized spacial score (nSPS) is 22.5. The number of rotatable bonds is 1. The van der Waals surface area contributed by atoms with E-state index in [-0.39, 0.29) is 17.9 Å². The lowest BCUT2D eigenvalue weighted by Gasteiger charge is -2.26. The van der Waals surface area contributed by atoms with E-state index in [4.69, 9.17) is 34.8 Å². The smallest absolute Gasteiger partial charge is 0.249 e. The third kappa shape index (κ3) is 2.60. The number of anilines is 1. The minimum absolute atomic E-state index is 0.0181. The van der Waals surface area contributed by atoms with E-state index >= 15 is 0 Å². The number of hydrogen-bond acceptors (Lipinski definition) is 2. The number of halogens is 3. The fourth-order valence-electron chi connectivity index (χ4n) is 2.92. The molecule has 2 amide bonds. The Hall–Kier alpha value is -0.970. The van der Waals surface area contributed by atoms with E-state index in [2.05, 4.69) is 0 Å². The van der Waals surface area contributed by atoms with Crippen LogP contribution in [0.5, 0.6) is 0 Å². The summed E-state index contributed by atoms with van der Waals surface area (Å²) in [6, 6.07) is 2.72. The number of hydrogen-bond donors (Lipinski definition) is 0. The highest BCUT2D eigenvalue weighted by molar-refractivity contribution is 6.44. The average Bonchev–Trinajstić information content (AvgIpc) is 2.89. The maximum Gasteiger partial charge on any atom is 0.249 e. The fourth-order valence-corrected chi connectivity index (χ4v) is 3.56. The van der Waals surface area contributed by atoms with E-state index in [9.17, 15) is 9.59 Å². The summed E-state index contributed by atoms with van der Waals surface area (Å²) in [4.78, 5) is 28.0. The standard InChI is InChI=1S/C14H13Cl3N2O2/c15-8-6-10(17)12(7-9(8)16)19-5-3-13(20)18-4-1-2-11(18)14(19)21/h6-7,11H,1-5H2. The van der Waals surface area contributed by atoms with Gasteiger partial charge in [0.15, 0.2) is 0 Å². The van der Waals surface area contributed by atoms with Crippen molar-refractivity contribution in [2.75, 3.05) is 18.0 Å². The zero-order valence-electron chi connectivity index (χ0n) is 11.1. The molecule has 2 saturated heterocycles. The second-order valence-corrected chi connectivity index (χ2v) is 6.42. The van der Waals surface area contributed by atoms with Gasteiger partial charge in [0.2, 0.25) is 11.8 Å². The predicted molar refractivity (Wildman–Crippen MR) is 83.2 cm³/mol. The third-order valence-electron chi connectivity index (χ3n) is 3.95. The van der Waals surface area contributed by atoms with Gasteiger partial charge in [-0.1, -0.05) is 34.8 Å². The molecule has 7 heteroatoms. The zero-order chi connectivity index (χ0) is 15.1. The highest BCUT2D eigenvalue weighted by Crippen LogP contribution is 2.36. The molecule has 0 aliphatic carbocycles. The summed E-state index contributed by atoms with van der Waals surface area (Å²) >= 11 is 18.1. The van der Waals surface area contributed by atoms with Gasteiger partial charge in [0.25, 0.3) is 0 Å². The maximum absolute atomic E-state index is 12.7. The molecule has 112 valence electrons. The highest BCUT2D eigenvalue weighted by atomic mass is 35.5. The molecule has 1 aromatic rings. The Morgan fingerprint density at radius 2 is 1.71 bits per heavy atom. The van der Waals surface area contributed by atoms with E-state index in [1.165, 1.54) is 6.07 Å². The van der Waals surface area contributed by atoms with E-state index in [1.807, 2.05) is 0 Å². The van der Waals surface area contributed by atoms with Crippen LogP contribution in [0.1, 0.15) is 19.3 Å². The molecule has 0 N–H and O–H groups in total. The van der Waals surface area contributed by atoms with E-state index in [1.54, 1.807) is 15.9 Å². The number of carbonyl (C=O) groups excluding carboxylic acids is 2. The summed E-state index contributed by atoms with van der Waals surface area (Å²) < 4.78 is 0. The summed E-state index contributed by atoms with van der Waals surface area (Å²) in [6.07, 6.45) is 1.84. The molecule has 2 heterocycles. The molecule has 2 fully saturated rings. The summed E-state index contributed by atoms with van der Waals surface area (Å²) in [5.41, 5.74) is 0.512. The fraction of sp³-hybridized carbons (Fsp3) is 0.429. The predicted octanol–water partition coefficient (Wildman–Crippen LogP) is 3.37. The molecule has 2 aliphatic rings. The van der Waals surface area contributed by atoms with Crippen LogP contribution in [0, 0.1) is 0 Å². The molecule has 0 aromatic heterocycles. The lowest BCUT2D eigenvalue weighted by molar-refractivity contribution is -0.135. The van der Waals surface area contributed by atoms with Gasteiger partial charge in [-0.15, -0.1) is 0 Å². The van der Waals surface area contributed by atoms with Crippen molar-refractivity contribution in [1.29, 1.82) is 0 Å². The van der Waals surface area contributed by atoms with Crippen LogP contribution in [-0.4, -0.2) is 35.8 Å². The van der Waals surface area contributed by atoms with Crippen LogP contribution in [0.25, 0.3) is 0 Å². The van der Waals surface area contributed by atoms with Crippen LogP contribution < -0.4 is 4.90 Å². The minimum Gasteiger partial charge on any atom is -0.331 e. The Labute approximate surface area is 137 Å². The quantitative estimate of drug-likeness (QED) is 0.731. The SMILES string of the molecule is O=C1C2CCCN2C(=O)CCN1c1cc(Cl)c(Cl)cc1Cl. The van der Waals surface area contributed by atoms with Crippen LogP contribution >= 0.6 is 34.8 Å². The van der Waals surface area contributed by atoms with E-state index < -0.39 is 0 Å². The molecule has 1 atom stereocenters. The minimum atomic E-state index is -0.384. The second-order valence-electron chi connectivity index (χ2n) is 5.20. The molecule has 0 bridgehead atoms. The first-order chi connectivity index (χ1) is 9.99. The Kier molecular flexibility index (Phi) is 4.04. The molecule has 0 saturated carbocycles. The van der Waals surface area contributed by atoms with Gasteiger partial charge in [-0.3, -0.25) is 9.59 Å². The summed E-state index contributed by atoms with van der Waals surface area (Å²) in [5.74, 6) is -0.0804. The summed E-state index contributed by atoms with van der Waals surface area (Å²) in [6.45, 7) is 0.959. The first-order valence-electron chi connectivity index (χ1n) is 6.74. The Morgan fingerprint density at radius 1 is 1.00 bits per heavy atom. The lowest BCUT2D eigenvalue weighted by atomic mass is 10.2. The highest BCUT2D eigenvalue weighted by Gasteiger charge is 2.40. The van der Waals surface area contributed by atoms with Gasteiger partial charge in [0.1, 0.15) is 6.04 Å². The summed E-state index contributed by atoms with van der Waals surface area (Å²) in [7, 11) is 0. The first-order valence-corrected chi connectivity index (χ1v) is 7.88. The van der Waals surface area contributed by atoms with Crippen LogP contribution in [0.15, 0.2) is 12.1 Å². The molecule has 2 aliphatic heterocycles. The number of carbonyl (C=O) groups is 2. The van der Waals surface area contributed by atoms with E-state index in [0.717, 1.165) is 6.42 Å². The molecule has 1 aromatic carbocycles. The van der Waals surface area contributed by atoms with Crippen molar-refractivity contribution in [3.63, 3.8) is 0 Å². The molecular formula is C14H13Cl3N2O2. The topological polar surface area (TPSA) is 40.6 Å². The lowest BCUT2D eigenvalue weighted by Crippen LogP contribution is -2.43. The molecule has 0 spiro atoms. The molecular weight excluding hydrogens is 335 g/mol. The molecule has 0 radical (unpaired) electrons. The summed E-state index contributed by atoms with van der Waals surface area (Å²) in [5, 5.41) is 1.03. The van der Waals surface area contributed by atoms with Crippen molar-refractivity contribution in [1.82, 2.24) is 4.90 Å². The molecule has 1 unspecified atom stereocenters. The van der Waals surface area contributed by atoms with Crippen LogP contribution in [0.4, 0.5) is 5.69 Å². The van der Waals surface area contributed by atoms with Gasteiger partial charge in [-0.05, 0) is 25.0 Å². The largest absolute Gasteiger partial charge is 0.331 e. The van der Waals surface area contributed by atoms with Crippen molar-refractivity contribution >= 4 is 52.3 Å². The number of benzene rings is 1. The first kappa shape index (κ1) is 14.9. The van der Waals surface area contributed by atoms with Gasteiger partial charge in [-0.2, -0.15) is 0 Å². The van der Waals surface area contributed by atoms with Gasteiger partial charge < -0.3 is 9.80 Å². The molecule has 3 rings (SSSR count). The number of fused-ring (bicyclic) bond motifs is 1. The van der Waals surface area contributed by atoms with Crippen molar-refractivity contribution in [2.24, 2.45) is 0 Å². The van der Waals surface area contributed by atoms with Crippen molar-refractivity contribution in [2.45, 2.75) is 25.3 Å². The Balaban J connectivity index is 2.00. The van der Waals surface area contributed by atoms with E-state index in [0.29, 0.717) is 46.7 Å². The van der Waals surface area contributed by atoms with Crippen LogP contribution in [0.2, 0.25) is 15.1 Å². The average molecular weight is 348 g/mol. The van der Waals surface area contributed by atoms with Gasteiger partial charge >= 0.3 is 0 Å². The molecule has 4 nitrogen and oxygen atoms in total. The second kappa shape index (κ2) is 5.67. The number of nitrogens with zero attached hydrogens (tertiary/aromatic N) is 2. The van der Waals surface area contributed by atoms with Crippen molar-refractivity contribution in [3.8, 4) is 0 Å².